The predicted octanol–water partition coefficient (Wildman–Crippen LogP) is 2.64. The van der Waals surface area contributed by atoms with Crippen molar-refractivity contribution >= 4 is 11.7 Å². The maximum atomic E-state index is 11.4. The molecule has 0 amide bonds. The van der Waals surface area contributed by atoms with Crippen LogP contribution in [-0.2, 0) is 16.0 Å². The van der Waals surface area contributed by atoms with E-state index in [-0.39, 0.29) is 5.97 Å². The Morgan fingerprint density at radius 3 is 2.94 bits per heavy atom. The van der Waals surface area contributed by atoms with Gasteiger partial charge in [0.1, 0.15) is 0 Å². The molecular weight excluding hydrogens is 226 g/mol. The van der Waals surface area contributed by atoms with Crippen molar-refractivity contribution in [2.75, 3.05) is 25.1 Å². The van der Waals surface area contributed by atoms with Crippen molar-refractivity contribution in [1.29, 1.82) is 0 Å². The summed E-state index contributed by atoms with van der Waals surface area (Å²) in [5.74, 6) is 0.553. The van der Waals surface area contributed by atoms with Gasteiger partial charge in [0, 0.05) is 18.8 Å². The van der Waals surface area contributed by atoms with Crippen LogP contribution in [0.4, 0.5) is 5.69 Å². The molecule has 0 saturated carbocycles. The molecule has 18 heavy (non-hydrogen) atoms. The number of hydrogen-bond donors (Lipinski definition) is 0. The van der Waals surface area contributed by atoms with Gasteiger partial charge in [0.15, 0.2) is 0 Å². The van der Waals surface area contributed by atoms with Gasteiger partial charge in [-0.1, -0.05) is 25.1 Å². The summed E-state index contributed by atoms with van der Waals surface area (Å²) in [6, 6.07) is 8.15. The number of nitrogens with zero attached hydrogens (tertiary/aromatic N) is 1. The van der Waals surface area contributed by atoms with Crippen LogP contribution in [0.1, 0.15) is 25.3 Å². The smallest absolute Gasteiger partial charge is 0.310 e. The SMILES string of the molecule is COC(=O)Cc1ccccc1N1CCCC(C)C1. The second kappa shape index (κ2) is 5.89. The molecule has 1 aliphatic rings. The van der Waals surface area contributed by atoms with E-state index >= 15 is 0 Å². The monoisotopic (exact) mass is 247 g/mol. The number of ether oxygens (including phenoxy) is 1. The van der Waals surface area contributed by atoms with E-state index in [4.69, 9.17) is 4.74 Å². The number of carbonyl (C=O) groups excluding carboxylic acids is 1. The number of esters is 1. The maximum Gasteiger partial charge on any atom is 0.310 e. The normalized spacial score (nSPS) is 19.7. The van der Waals surface area contributed by atoms with Crippen LogP contribution < -0.4 is 4.90 Å². The second-order valence-corrected chi connectivity index (χ2v) is 5.08. The van der Waals surface area contributed by atoms with Gasteiger partial charge in [-0.05, 0) is 30.4 Å². The van der Waals surface area contributed by atoms with Crippen LogP contribution in [0.15, 0.2) is 24.3 Å². The quantitative estimate of drug-likeness (QED) is 0.769. The predicted molar refractivity (Wildman–Crippen MR) is 72.8 cm³/mol. The van der Waals surface area contributed by atoms with Crippen molar-refractivity contribution in [3.63, 3.8) is 0 Å². The third-order valence-corrected chi connectivity index (χ3v) is 3.55. The average Bonchev–Trinajstić information content (AvgIpc) is 2.39. The van der Waals surface area contributed by atoms with Crippen LogP contribution >= 0.6 is 0 Å². The van der Waals surface area contributed by atoms with Crippen molar-refractivity contribution in [1.82, 2.24) is 0 Å². The molecule has 3 nitrogen and oxygen atoms in total. The minimum Gasteiger partial charge on any atom is -0.469 e. The molecule has 1 aliphatic heterocycles. The Labute approximate surface area is 109 Å². The molecule has 3 heteroatoms. The fourth-order valence-electron chi connectivity index (χ4n) is 2.60. The van der Waals surface area contributed by atoms with E-state index in [0.29, 0.717) is 6.42 Å². The van der Waals surface area contributed by atoms with E-state index in [0.717, 1.165) is 24.6 Å². The van der Waals surface area contributed by atoms with Crippen molar-refractivity contribution in [2.45, 2.75) is 26.2 Å². The van der Waals surface area contributed by atoms with Gasteiger partial charge in [0.05, 0.1) is 13.5 Å². The minimum atomic E-state index is -0.174. The molecule has 1 unspecified atom stereocenters. The van der Waals surface area contributed by atoms with Crippen molar-refractivity contribution < 1.29 is 9.53 Å². The molecule has 1 aromatic rings. The highest BCUT2D eigenvalue weighted by atomic mass is 16.5. The first-order chi connectivity index (χ1) is 8.70. The van der Waals surface area contributed by atoms with Gasteiger partial charge < -0.3 is 9.64 Å². The van der Waals surface area contributed by atoms with Crippen LogP contribution in [0.5, 0.6) is 0 Å². The molecule has 1 saturated heterocycles. The molecule has 0 bridgehead atoms. The zero-order chi connectivity index (χ0) is 13.0. The zero-order valence-corrected chi connectivity index (χ0v) is 11.2. The highest BCUT2D eigenvalue weighted by Gasteiger charge is 2.19. The summed E-state index contributed by atoms with van der Waals surface area (Å²) < 4.78 is 4.76. The van der Waals surface area contributed by atoms with E-state index in [1.807, 2.05) is 18.2 Å². The fourth-order valence-corrected chi connectivity index (χ4v) is 2.60. The summed E-state index contributed by atoms with van der Waals surface area (Å²) in [6.07, 6.45) is 2.89. The Morgan fingerprint density at radius 2 is 2.22 bits per heavy atom. The van der Waals surface area contributed by atoms with Crippen LogP contribution in [-0.4, -0.2) is 26.2 Å². The number of carbonyl (C=O) groups is 1. The van der Waals surface area contributed by atoms with Crippen molar-refractivity contribution in [2.24, 2.45) is 5.92 Å². The second-order valence-electron chi connectivity index (χ2n) is 5.08. The van der Waals surface area contributed by atoms with Crippen LogP contribution in [0.25, 0.3) is 0 Å². The van der Waals surface area contributed by atoms with Gasteiger partial charge >= 0.3 is 5.97 Å². The molecule has 0 N–H and O–H groups in total. The number of para-hydroxylation sites is 1. The van der Waals surface area contributed by atoms with Crippen LogP contribution in [0.2, 0.25) is 0 Å². The van der Waals surface area contributed by atoms with Gasteiger partial charge in [-0.15, -0.1) is 0 Å². The Bertz CT molecular complexity index is 417. The molecule has 0 radical (unpaired) electrons. The van der Waals surface area contributed by atoms with Gasteiger partial charge in [-0.2, -0.15) is 0 Å². The summed E-state index contributed by atoms with van der Waals surface area (Å²) >= 11 is 0. The molecular formula is C15H21NO2. The summed E-state index contributed by atoms with van der Waals surface area (Å²) in [7, 11) is 1.44. The van der Waals surface area contributed by atoms with E-state index < -0.39 is 0 Å². The van der Waals surface area contributed by atoms with E-state index in [2.05, 4.69) is 17.9 Å². The maximum absolute atomic E-state index is 11.4. The Kier molecular flexibility index (Phi) is 4.24. The third kappa shape index (κ3) is 3.03. The van der Waals surface area contributed by atoms with E-state index in [1.54, 1.807) is 0 Å². The lowest BCUT2D eigenvalue weighted by Crippen LogP contribution is -2.35. The summed E-state index contributed by atoms with van der Waals surface area (Å²) in [5, 5.41) is 0. The number of piperidine rings is 1. The first-order valence-corrected chi connectivity index (χ1v) is 6.60. The number of hydrogen-bond acceptors (Lipinski definition) is 3. The molecule has 1 heterocycles. The van der Waals surface area contributed by atoms with Crippen molar-refractivity contribution in [3.05, 3.63) is 29.8 Å². The number of rotatable bonds is 3. The highest BCUT2D eigenvalue weighted by Crippen LogP contribution is 2.26. The zero-order valence-electron chi connectivity index (χ0n) is 11.2. The Balaban J connectivity index is 2.18. The van der Waals surface area contributed by atoms with Crippen LogP contribution in [0.3, 0.4) is 0 Å². The van der Waals surface area contributed by atoms with E-state index in [1.165, 1.54) is 25.6 Å². The number of benzene rings is 1. The molecule has 0 aliphatic carbocycles. The van der Waals surface area contributed by atoms with Gasteiger partial charge in [0.2, 0.25) is 0 Å². The lowest BCUT2D eigenvalue weighted by molar-refractivity contribution is -0.139. The largest absolute Gasteiger partial charge is 0.469 e. The minimum absolute atomic E-state index is 0.174. The topological polar surface area (TPSA) is 29.5 Å². The standard InChI is InChI=1S/C15H21NO2/c1-12-6-5-9-16(11-12)14-8-4-3-7-13(14)10-15(17)18-2/h3-4,7-8,12H,5-6,9-11H2,1-2H3. The lowest BCUT2D eigenvalue weighted by Gasteiger charge is -2.34. The van der Waals surface area contributed by atoms with Crippen molar-refractivity contribution in [3.8, 4) is 0 Å². The average molecular weight is 247 g/mol. The molecule has 1 fully saturated rings. The molecule has 2 rings (SSSR count). The number of anilines is 1. The van der Waals surface area contributed by atoms with E-state index in [9.17, 15) is 4.79 Å². The first kappa shape index (κ1) is 12.9. The fraction of sp³-hybridized carbons (Fsp3) is 0.533. The molecule has 1 atom stereocenters. The summed E-state index contributed by atoms with van der Waals surface area (Å²) in [6.45, 7) is 4.45. The summed E-state index contributed by atoms with van der Waals surface area (Å²) in [4.78, 5) is 13.8. The lowest BCUT2D eigenvalue weighted by atomic mass is 9.98. The van der Waals surface area contributed by atoms with Gasteiger partial charge in [-0.3, -0.25) is 4.79 Å². The van der Waals surface area contributed by atoms with Gasteiger partial charge in [-0.25, -0.2) is 0 Å². The van der Waals surface area contributed by atoms with Crippen LogP contribution in [0, 0.1) is 5.92 Å². The summed E-state index contributed by atoms with van der Waals surface area (Å²) in [5.41, 5.74) is 2.26. The molecule has 1 aromatic carbocycles. The Morgan fingerprint density at radius 1 is 1.44 bits per heavy atom. The number of methoxy groups -OCH3 is 1. The molecule has 98 valence electrons. The van der Waals surface area contributed by atoms with Gasteiger partial charge in [0.25, 0.3) is 0 Å². The Hall–Kier alpha value is -1.51. The first-order valence-electron chi connectivity index (χ1n) is 6.60. The molecule has 0 spiro atoms. The molecule has 0 aromatic heterocycles. The highest BCUT2D eigenvalue weighted by molar-refractivity contribution is 5.75. The third-order valence-electron chi connectivity index (χ3n) is 3.55.